The quantitative estimate of drug-likeness (QED) is 0.250. The molecule has 2 N–H and O–H groups in total. The minimum absolute atomic E-state index is 0.0297. The summed E-state index contributed by atoms with van der Waals surface area (Å²) in [6.07, 6.45) is 6.83. The number of aromatic nitrogens is 3. The average molecular weight is 509 g/mol. The van der Waals surface area contributed by atoms with Crippen LogP contribution in [-0.2, 0) is 24.3 Å². The van der Waals surface area contributed by atoms with E-state index in [0.29, 0.717) is 29.9 Å². The van der Waals surface area contributed by atoms with E-state index in [-0.39, 0.29) is 29.9 Å². The molecule has 3 aromatic rings. The van der Waals surface area contributed by atoms with Crippen LogP contribution in [0.25, 0.3) is 16.2 Å². The SMILES string of the molecule is O=C(CCCCCCCCC(=O)OCCO)NS(=O)(=O)c1nn2cc(-c3ccccc3)nc2s1. The van der Waals surface area contributed by atoms with Crippen LogP contribution < -0.4 is 4.72 Å². The first-order valence-corrected chi connectivity index (χ1v) is 13.4. The zero-order chi connectivity index (χ0) is 24.4. The van der Waals surface area contributed by atoms with E-state index in [9.17, 15) is 18.0 Å². The second kappa shape index (κ2) is 12.6. The number of imidazole rings is 1. The van der Waals surface area contributed by atoms with Crippen LogP contribution in [0.15, 0.2) is 40.9 Å². The van der Waals surface area contributed by atoms with Gasteiger partial charge in [-0.05, 0) is 12.8 Å². The van der Waals surface area contributed by atoms with Gasteiger partial charge in [-0.2, -0.15) is 8.42 Å². The number of ether oxygens (including phenoxy) is 1. The molecule has 0 radical (unpaired) electrons. The number of fused-ring (bicyclic) bond motifs is 1. The molecule has 1 aromatic carbocycles. The average Bonchev–Trinajstić information content (AvgIpc) is 3.40. The number of rotatable bonds is 14. The van der Waals surface area contributed by atoms with Gasteiger partial charge in [0.15, 0.2) is 0 Å². The van der Waals surface area contributed by atoms with Gasteiger partial charge in [-0.25, -0.2) is 14.2 Å². The van der Waals surface area contributed by atoms with Crippen molar-refractivity contribution in [1.29, 1.82) is 0 Å². The zero-order valence-electron chi connectivity index (χ0n) is 18.7. The molecule has 0 aliphatic rings. The van der Waals surface area contributed by atoms with E-state index in [0.717, 1.165) is 42.6 Å². The molecule has 10 nitrogen and oxygen atoms in total. The van der Waals surface area contributed by atoms with Gasteiger partial charge in [0, 0.05) is 18.4 Å². The third-order valence-corrected chi connectivity index (χ3v) is 7.62. The second-order valence-corrected chi connectivity index (χ2v) is 10.5. The third kappa shape index (κ3) is 7.61. The first kappa shape index (κ1) is 25.8. The van der Waals surface area contributed by atoms with Gasteiger partial charge in [0.2, 0.25) is 10.9 Å². The number of hydrogen-bond donors (Lipinski definition) is 2. The Hall–Kier alpha value is -2.83. The van der Waals surface area contributed by atoms with Crippen LogP contribution in [0, 0.1) is 0 Å². The number of nitrogens with one attached hydrogen (secondary N) is 1. The van der Waals surface area contributed by atoms with E-state index in [2.05, 4.69) is 14.8 Å². The molecule has 184 valence electrons. The highest BCUT2D eigenvalue weighted by molar-refractivity contribution is 7.92. The van der Waals surface area contributed by atoms with Crippen LogP contribution in [-0.4, -0.2) is 53.2 Å². The summed E-state index contributed by atoms with van der Waals surface area (Å²) < 4.78 is 33.1. The molecule has 12 heteroatoms. The highest BCUT2D eigenvalue weighted by Crippen LogP contribution is 2.24. The largest absolute Gasteiger partial charge is 0.463 e. The molecule has 0 aliphatic carbocycles. The number of nitrogens with zero attached hydrogens (tertiary/aromatic N) is 3. The third-order valence-electron chi connectivity index (χ3n) is 4.96. The molecular formula is C22H28N4O6S2. The number of amides is 1. The minimum Gasteiger partial charge on any atom is -0.463 e. The van der Waals surface area contributed by atoms with Crippen molar-refractivity contribution < 1.29 is 27.9 Å². The molecule has 0 atom stereocenters. The summed E-state index contributed by atoms with van der Waals surface area (Å²) >= 11 is 0.900. The molecule has 0 saturated carbocycles. The minimum atomic E-state index is -4.05. The van der Waals surface area contributed by atoms with Gasteiger partial charge in [0.05, 0.1) is 18.5 Å². The van der Waals surface area contributed by atoms with Crippen molar-refractivity contribution in [2.45, 2.75) is 55.7 Å². The van der Waals surface area contributed by atoms with Gasteiger partial charge in [-0.3, -0.25) is 9.59 Å². The van der Waals surface area contributed by atoms with E-state index in [4.69, 9.17) is 9.84 Å². The topological polar surface area (TPSA) is 140 Å². The van der Waals surface area contributed by atoms with Crippen molar-refractivity contribution in [3.63, 3.8) is 0 Å². The van der Waals surface area contributed by atoms with E-state index in [1.807, 2.05) is 30.3 Å². The Morgan fingerprint density at radius 2 is 1.71 bits per heavy atom. The fourth-order valence-corrected chi connectivity index (χ4v) is 5.36. The number of carbonyl (C=O) groups excluding carboxylic acids is 2. The molecule has 2 aromatic heterocycles. The fourth-order valence-electron chi connectivity index (χ4n) is 3.28. The second-order valence-electron chi connectivity index (χ2n) is 7.68. The molecule has 3 rings (SSSR count). The van der Waals surface area contributed by atoms with E-state index < -0.39 is 15.9 Å². The van der Waals surface area contributed by atoms with Gasteiger partial charge in [-0.1, -0.05) is 67.4 Å². The van der Waals surface area contributed by atoms with Crippen molar-refractivity contribution >= 4 is 38.2 Å². The number of aliphatic hydroxyl groups excluding tert-OH is 1. The molecule has 1 amide bonds. The maximum atomic E-state index is 12.5. The summed E-state index contributed by atoms with van der Waals surface area (Å²) in [6, 6.07) is 9.49. The Kier molecular flexibility index (Phi) is 9.54. The summed E-state index contributed by atoms with van der Waals surface area (Å²) in [4.78, 5) is 28.3. The van der Waals surface area contributed by atoms with E-state index >= 15 is 0 Å². The lowest BCUT2D eigenvalue weighted by atomic mass is 10.1. The van der Waals surface area contributed by atoms with Gasteiger partial charge in [0.25, 0.3) is 14.4 Å². The van der Waals surface area contributed by atoms with Gasteiger partial charge in [0.1, 0.15) is 6.61 Å². The Bertz CT molecular complexity index is 1160. The number of benzene rings is 1. The van der Waals surface area contributed by atoms with Crippen molar-refractivity contribution in [3.05, 3.63) is 36.5 Å². The molecule has 0 bridgehead atoms. The fraction of sp³-hybridized carbons (Fsp3) is 0.455. The Labute approximate surface area is 202 Å². The maximum absolute atomic E-state index is 12.5. The van der Waals surface area contributed by atoms with Crippen LogP contribution >= 0.6 is 11.3 Å². The van der Waals surface area contributed by atoms with Gasteiger partial charge >= 0.3 is 5.97 Å². The van der Waals surface area contributed by atoms with Crippen LogP contribution in [0.4, 0.5) is 0 Å². The van der Waals surface area contributed by atoms with Gasteiger partial charge in [-0.15, -0.1) is 5.10 Å². The number of carbonyl (C=O) groups is 2. The first-order chi connectivity index (χ1) is 16.4. The lowest BCUT2D eigenvalue weighted by Gasteiger charge is -2.05. The molecular weight excluding hydrogens is 480 g/mol. The Morgan fingerprint density at radius 3 is 2.38 bits per heavy atom. The molecule has 0 fully saturated rings. The monoisotopic (exact) mass is 508 g/mol. The zero-order valence-corrected chi connectivity index (χ0v) is 20.3. The van der Waals surface area contributed by atoms with Crippen LogP contribution in [0.2, 0.25) is 0 Å². The smallest absolute Gasteiger partial charge is 0.305 e. The highest BCUT2D eigenvalue weighted by Gasteiger charge is 2.23. The summed E-state index contributed by atoms with van der Waals surface area (Å²) in [5.74, 6) is -0.874. The van der Waals surface area contributed by atoms with Crippen LogP contribution in [0.3, 0.4) is 0 Å². The van der Waals surface area contributed by atoms with E-state index in [1.54, 1.807) is 6.20 Å². The summed E-state index contributed by atoms with van der Waals surface area (Å²) in [6.45, 7) is -0.143. The molecule has 0 unspecified atom stereocenters. The predicted octanol–water partition coefficient (Wildman–Crippen LogP) is 2.92. The predicted molar refractivity (Wildman–Crippen MR) is 127 cm³/mol. The number of hydrogen-bond acceptors (Lipinski definition) is 9. The highest BCUT2D eigenvalue weighted by atomic mass is 32.2. The number of aliphatic hydroxyl groups is 1. The summed E-state index contributed by atoms with van der Waals surface area (Å²) in [5.41, 5.74) is 1.59. The lowest BCUT2D eigenvalue weighted by Crippen LogP contribution is -2.30. The van der Waals surface area contributed by atoms with Gasteiger partial charge < -0.3 is 9.84 Å². The van der Waals surface area contributed by atoms with Crippen molar-refractivity contribution in [2.24, 2.45) is 0 Å². The number of esters is 1. The Balaban J connectivity index is 1.37. The van der Waals surface area contributed by atoms with E-state index in [1.165, 1.54) is 4.52 Å². The molecule has 34 heavy (non-hydrogen) atoms. The standard InChI is InChI=1S/C22H28N4O6S2/c27-14-15-32-20(29)13-9-4-2-1-3-8-12-19(28)25-34(30,31)22-24-26-16-18(23-21(26)33-22)17-10-6-5-7-11-17/h5-7,10-11,16,27H,1-4,8-9,12-15H2,(H,25,28). The first-order valence-electron chi connectivity index (χ1n) is 11.1. The van der Waals surface area contributed by atoms with Crippen molar-refractivity contribution in [3.8, 4) is 11.3 Å². The molecule has 0 saturated heterocycles. The van der Waals surface area contributed by atoms with Crippen molar-refractivity contribution in [2.75, 3.05) is 13.2 Å². The van der Waals surface area contributed by atoms with Crippen LogP contribution in [0.1, 0.15) is 51.4 Å². The van der Waals surface area contributed by atoms with Crippen LogP contribution in [0.5, 0.6) is 0 Å². The van der Waals surface area contributed by atoms with Crippen molar-refractivity contribution in [1.82, 2.24) is 19.3 Å². The summed E-state index contributed by atoms with van der Waals surface area (Å²) in [7, 11) is -4.05. The molecule has 0 aliphatic heterocycles. The maximum Gasteiger partial charge on any atom is 0.305 e. The number of sulfonamides is 1. The summed E-state index contributed by atoms with van der Waals surface area (Å²) in [5, 5.41) is 12.7. The Morgan fingerprint density at radius 1 is 1.03 bits per heavy atom. The number of unbranched alkanes of at least 4 members (excludes halogenated alkanes) is 5. The normalized spacial score (nSPS) is 11.6. The molecule has 0 spiro atoms. The lowest BCUT2D eigenvalue weighted by molar-refractivity contribution is -0.144. The molecule has 2 heterocycles.